The van der Waals surface area contributed by atoms with E-state index in [0.29, 0.717) is 5.78 Å². The van der Waals surface area contributed by atoms with Crippen LogP contribution in [0.3, 0.4) is 0 Å². The quantitative estimate of drug-likeness (QED) is 0.509. The Morgan fingerprint density at radius 1 is 1.11 bits per heavy atom. The van der Waals surface area contributed by atoms with Gasteiger partial charge in [0.05, 0.1) is 18.6 Å². The Hall–Kier alpha value is -2.69. The monoisotopic (exact) mass is 236 g/mol. The molecule has 0 saturated carbocycles. The summed E-state index contributed by atoms with van der Waals surface area (Å²) >= 11 is 0. The fourth-order valence-corrected chi connectivity index (χ4v) is 1.96. The maximum absolute atomic E-state index is 5.75. The summed E-state index contributed by atoms with van der Waals surface area (Å²) in [6.45, 7) is 0. The fraction of sp³-hybridized carbons (Fsp3) is 0. The van der Waals surface area contributed by atoms with Crippen molar-refractivity contribution in [2.75, 3.05) is 0 Å². The van der Waals surface area contributed by atoms with E-state index in [0.717, 1.165) is 22.4 Å². The first-order valence-electron chi connectivity index (χ1n) is 5.55. The summed E-state index contributed by atoms with van der Waals surface area (Å²) < 4.78 is 7.38. The second-order valence-electron chi connectivity index (χ2n) is 3.96. The van der Waals surface area contributed by atoms with E-state index in [-0.39, 0.29) is 0 Å². The molecule has 0 unspecified atom stereocenters. The van der Waals surface area contributed by atoms with Gasteiger partial charge in [-0.15, -0.1) is 0 Å². The molecule has 5 heteroatoms. The van der Waals surface area contributed by atoms with E-state index < -0.39 is 0 Å². The molecule has 0 atom stereocenters. The van der Waals surface area contributed by atoms with E-state index in [9.17, 15) is 0 Å². The van der Waals surface area contributed by atoms with Crippen LogP contribution in [0.5, 0.6) is 0 Å². The van der Waals surface area contributed by atoms with Crippen LogP contribution in [-0.2, 0) is 0 Å². The number of hydrogen-bond acceptors (Lipinski definition) is 4. The topological polar surface area (TPSA) is 56.2 Å². The molecule has 4 aromatic rings. The highest BCUT2D eigenvalue weighted by Crippen LogP contribution is 2.26. The van der Waals surface area contributed by atoms with Crippen LogP contribution < -0.4 is 0 Å². The molecule has 0 saturated heterocycles. The minimum atomic E-state index is 0.563. The Kier molecular flexibility index (Phi) is 1.77. The molecule has 0 amide bonds. The maximum atomic E-state index is 5.75. The van der Waals surface area contributed by atoms with Crippen LogP contribution in [0.15, 0.2) is 53.3 Å². The minimum absolute atomic E-state index is 0.563. The van der Waals surface area contributed by atoms with Crippen molar-refractivity contribution in [1.82, 2.24) is 19.6 Å². The molecule has 3 heterocycles. The molecule has 0 aliphatic heterocycles. The molecule has 86 valence electrons. The van der Waals surface area contributed by atoms with Crippen molar-refractivity contribution in [3.05, 3.63) is 48.9 Å². The normalized spacial score (nSPS) is 11.3. The van der Waals surface area contributed by atoms with Gasteiger partial charge < -0.3 is 4.42 Å². The molecular formula is C13H8N4O. The highest BCUT2D eigenvalue weighted by Gasteiger charge is 2.10. The molecule has 0 radical (unpaired) electrons. The number of benzene rings is 1. The van der Waals surface area contributed by atoms with Crippen LogP contribution in [-0.4, -0.2) is 19.6 Å². The van der Waals surface area contributed by atoms with Crippen molar-refractivity contribution in [2.45, 2.75) is 0 Å². The molecule has 0 spiro atoms. The van der Waals surface area contributed by atoms with Gasteiger partial charge in [-0.25, -0.2) is 14.5 Å². The maximum Gasteiger partial charge on any atom is 0.251 e. The van der Waals surface area contributed by atoms with Gasteiger partial charge in [-0.2, -0.15) is 5.10 Å². The van der Waals surface area contributed by atoms with Crippen LogP contribution >= 0.6 is 0 Å². The van der Waals surface area contributed by atoms with Gasteiger partial charge in [-0.05, 0) is 12.1 Å². The molecule has 0 bridgehead atoms. The summed E-state index contributed by atoms with van der Waals surface area (Å²) in [5, 5.41) is 5.19. The second kappa shape index (κ2) is 3.40. The molecule has 3 aromatic heterocycles. The predicted octanol–water partition coefficient (Wildman–Crippen LogP) is 2.54. The lowest BCUT2D eigenvalue weighted by Gasteiger charge is -1.85. The van der Waals surface area contributed by atoms with E-state index in [4.69, 9.17) is 4.42 Å². The summed E-state index contributed by atoms with van der Waals surface area (Å²) in [7, 11) is 0. The third kappa shape index (κ3) is 1.31. The van der Waals surface area contributed by atoms with Crippen molar-refractivity contribution in [1.29, 1.82) is 0 Å². The number of imidazole rings is 1. The van der Waals surface area contributed by atoms with Crippen molar-refractivity contribution in [3.8, 4) is 11.5 Å². The third-order valence-electron chi connectivity index (χ3n) is 2.80. The molecule has 0 aliphatic carbocycles. The highest BCUT2D eigenvalue weighted by atomic mass is 16.3. The van der Waals surface area contributed by atoms with Gasteiger partial charge in [0.1, 0.15) is 11.3 Å². The number of nitrogens with zero attached hydrogens (tertiary/aromatic N) is 4. The van der Waals surface area contributed by atoms with Gasteiger partial charge in [-0.3, -0.25) is 0 Å². The lowest BCUT2D eigenvalue weighted by molar-refractivity contribution is 0.629. The van der Waals surface area contributed by atoms with Crippen LogP contribution in [0.1, 0.15) is 0 Å². The Morgan fingerprint density at radius 2 is 2.06 bits per heavy atom. The Labute approximate surface area is 102 Å². The summed E-state index contributed by atoms with van der Waals surface area (Å²) in [5.74, 6) is 1.29. The van der Waals surface area contributed by atoms with E-state index in [1.807, 2.05) is 30.3 Å². The number of hydrogen-bond donors (Lipinski definition) is 0. The van der Waals surface area contributed by atoms with Gasteiger partial charge >= 0.3 is 0 Å². The zero-order valence-electron chi connectivity index (χ0n) is 9.32. The van der Waals surface area contributed by atoms with Crippen molar-refractivity contribution < 1.29 is 4.42 Å². The van der Waals surface area contributed by atoms with Gasteiger partial charge in [0.15, 0.2) is 5.76 Å². The minimum Gasteiger partial charge on any atom is -0.454 e. The predicted molar refractivity (Wildman–Crippen MR) is 66.0 cm³/mol. The van der Waals surface area contributed by atoms with Crippen molar-refractivity contribution >= 4 is 16.7 Å². The zero-order chi connectivity index (χ0) is 11.9. The molecular weight excluding hydrogens is 228 g/mol. The van der Waals surface area contributed by atoms with Gasteiger partial charge in [-0.1, -0.05) is 18.2 Å². The summed E-state index contributed by atoms with van der Waals surface area (Å²) in [5.41, 5.74) is 1.59. The number of fused-ring (bicyclic) bond motifs is 2. The first-order chi connectivity index (χ1) is 8.90. The van der Waals surface area contributed by atoms with Gasteiger partial charge in [0.25, 0.3) is 5.78 Å². The fourth-order valence-electron chi connectivity index (χ4n) is 1.96. The summed E-state index contributed by atoms with van der Waals surface area (Å²) in [6, 6.07) is 9.84. The van der Waals surface area contributed by atoms with Crippen LogP contribution in [0.25, 0.3) is 28.2 Å². The lowest BCUT2D eigenvalue weighted by atomic mass is 10.2. The van der Waals surface area contributed by atoms with E-state index in [1.165, 1.54) is 0 Å². The standard InChI is InChI=1S/C13H8N4O/c1-2-4-11-9(3-1)7-12(18-11)10-8-17-13(16-10)14-5-6-15-17/h1-8H. The largest absolute Gasteiger partial charge is 0.454 e. The molecule has 0 aliphatic rings. The SMILES string of the molecule is c1ccc2oc(-c3cn4nccnc4n3)cc2c1. The molecule has 18 heavy (non-hydrogen) atoms. The lowest BCUT2D eigenvalue weighted by Crippen LogP contribution is -1.89. The first kappa shape index (κ1) is 9.35. The molecule has 0 N–H and O–H groups in total. The number of aromatic nitrogens is 4. The van der Waals surface area contributed by atoms with Gasteiger partial charge in [0, 0.05) is 5.39 Å². The van der Waals surface area contributed by atoms with Crippen LogP contribution in [0.4, 0.5) is 0 Å². The number of para-hydroxylation sites is 1. The highest BCUT2D eigenvalue weighted by molar-refractivity contribution is 5.82. The smallest absolute Gasteiger partial charge is 0.251 e. The van der Waals surface area contributed by atoms with E-state index in [1.54, 1.807) is 23.1 Å². The average Bonchev–Trinajstić information content (AvgIpc) is 3.02. The molecule has 0 fully saturated rings. The van der Waals surface area contributed by atoms with Crippen LogP contribution in [0.2, 0.25) is 0 Å². The first-order valence-corrected chi connectivity index (χ1v) is 5.55. The van der Waals surface area contributed by atoms with Crippen LogP contribution in [0, 0.1) is 0 Å². The average molecular weight is 236 g/mol. The third-order valence-corrected chi connectivity index (χ3v) is 2.80. The molecule has 5 nitrogen and oxygen atoms in total. The zero-order valence-corrected chi connectivity index (χ0v) is 9.32. The van der Waals surface area contributed by atoms with E-state index >= 15 is 0 Å². The molecule has 4 rings (SSSR count). The molecule has 1 aromatic carbocycles. The summed E-state index contributed by atoms with van der Waals surface area (Å²) in [6.07, 6.45) is 5.04. The number of rotatable bonds is 1. The summed E-state index contributed by atoms with van der Waals surface area (Å²) in [4.78, 5) is 8.50. The Morgan fingerprint density at radius 3 is 2.94 bits per heavy atom. The van der Waals surface area contributed by atoms with Crippen molar-refractivity contribution in [3.63, 3.8) is 0 Å². The van der Waals surface area contributed by atoms with Gasteiger partial charge in [0.2, 0.25) is 0 Å². The second-order valence-corrected chi connectivity index (χ2v) is 3.96. The van der Waals surface area contributed by atoms with E-state index in [2.05, 4.69) is 15.1 Å². The number of furan rings is 1. The van der Waals surface area contributed by atoms with Crippen molar-refractivity contribution in [2.24, 2.45) is 0 Å². The Balaban J connectivity index is 1.95. The Bertz CT molecular complexity index is 708.